The smallest absolute Gasteiger partial charge is 0.306 e. The first-order valence-electron chi connectivity index (χ1n) is 7.88. The molecule has 9 heteroatoms. The largest absolute Gasteiger partial charge is 0.326 e. The van der Waals surface area contributed by atoms with E-state index < -0.39 is 11.9 Å². The Morgan fingerprint density at radius 2 is 1.64 bits per heavy atom. The second-order valence-electron chi connectivity index (χ2n) is 5.45. The lowest BCUT2D eigenvalue weighted by atomic mass is 10.2. The zero-order valence-electron chi connectivity index (χ0n) is 14.1. The molecule has 0 aliphatic heterocycles. The van der Waals surface area contributed by atoms with E-state index >= 15 is 0 Å². The third-order valence-electron chi connectivity index (χ3n) is 3.45. The fraction of sp³-hybridized carbons (Fsp3) is 0. The first-order chi connectivity index (χ1) is 13.4. The summed E-state index contributed by atoms with van der Waals surface area (Å²) in [4.78, 5) is 29.3. The third-order valence-corrected chi connectivity index (χ3v) is 5.04. The van der Waals surface area contributed by atoms with Crippen molar-refractivity contribution in [1.82, 2.24) is 10.3 Å². The molecule has 0 fully saturated rings. The maximum Gasteiger partial charge on any atom is 0.326 e. The maximum atomic E-state index is 12.9. The molecule has 2 N–H and O–H groups in total. The highest BCUT2D eigenvalue weighted by molar-refractivity contribution is 7.99. The van der Waals surface area contributed by atoms with E-state index in [0.29, 0.717) is 10.7 Å². The van der Waals surface area contributed by atoms with Crippen molar-refractivity contribution in [3.63, 3.8) is 0 Å². The Kier molecular flexibility index (Phi) is 6.51. The second kappa shape index (κ2) is 9.05. The molecule has 28 heavy (non-hydrogen) atoms. The fourth-order valence-corrected chi connectivity index (χ4v) is 3.50. The Bertz CT molecular complexity index is 994. The van der Waals surface area contributed by atoms with Crippen molar-refractivity contribution < 1.29 is 14.0 Å². The molecule has 0 bridgehead atoms. The number of hydrogen-bond donors (Lipinski definition) is 2. The van der Waals surface area contributed by atoms with Gasteiger partial charge in [0.1, 0.15) is 10.8 Å². The minimum Gasteiger partial charge on any atom is -0.306 e. The summed E-state index contributed by atoms with van der Waals surface area (Å²) in [6.07, 6.45) is 1.44. The molecule has 3 rings (SSSR count). The van der Waals surface area contributed by atoms with Crippen LogP contribution in [0.1, 0.15) is 10.4 Å². The number of carbonyl (C=O) groups excluding carboxylic acids is 2. The van der Waals surface area contributed by atoms with Crippen molar-refractivity contribution in [1.29, 1.82) is 0 Å². The van der Waals surface area contributed by atoms with Crippen molar-refractivity contribution in [2.75, 3.05) is 5.32 Å². The molecule has 3 amide bonds. The minimum atomic E-state index is -0.748. The molecule has 142 valence electrons. The molecule has 0 atom stereocenters. The van der Waals surface area contributed by atoms with Crippen LogP contribution in [0.5, 0.6) is 0 Å². The quantitative estimate of drug-likeness (QED) is 0.555. The Labute approximate surface area is 174 Å². The molecule has 0 unspecified atom stereocenters. The molecule has 1 heterocycles. The van der Waals surface area contributed by atoms with Crippen LogP contribution in [0.4, 0.5) is 14.9 Å². The Morgan fingerprint density at radius 3 is 2.25 bits per heavy atom. The van der Waals surface area contributed by atoms with Gasteiger partial charge in [0, 0.05) is 4.90 Å². The molecular formula is C19H12Cl2FN3O2S. The summed E-state index contributed by atoms with van der Waals surface area (Å²) in [5.41, 5.74) is 0.407. The first-order valence-corrected chi connectivity index (χ1v) is 9.45. The number of anilines is 1. The van der Waals surface area contributed by atoms with E-state index in [1.807, 2.05) is 0 Å². The van der Waals surface area contributed by atoms with E-state index in [0.717, 1.165) is 4.90 Å². The van der Waals surface area contributed by atoms with Gasteiger partial charge in [-0.3, -0.25) is 10.1 Å². The van der Waals surface area contributed by atoms with E-state index in [1.54, 1.807) is 30.3 Å². The average Bonchev–Trinajstić information content (AvgIpc) is 2.65. The topological polar surface area (TPSA) is 71.1 Å². The van der Waals surface area contributed by atoms with Crippen LogP contribution in [0.2, 0.25) is 10.0 Å². The number of imide groups is 1. The van der Waals surface area contributed by atoms with Gasteiger partial charge >= 0.3 is 6.03 Å². The highest BCUT2D eigenvalue weighted by Crippen LogP contribution is 2.27. The third kappa shape index (κ3) is 5.22. The average molecular weight is 436 g/mol. The highest BCUT2D eigenvalue weighted by atomic mass is 35.5. The molecular weight excluding hydrogens is 424 g/mol. The van der Waals surface area contributed by atoms with Gasteiger partial charge in [-0.25, -0.2) is 14.2 Å². The van der Waals surface area contributed by atoms with Crippen LogP contribution < -0.4 is 10.6 Å². The summed E-state index contributed by atoms with van der Waals surface area (Å²) >= 11 is 13.2. The molecule has 2 aromatic carbocycles. The van der Waals surface area contributed by atoms with Crippen molar-refractivity contribution in [2.24, 2.45) is 0 Å². The second-order valence-corrected chi connectivity index (χ2v) is 7.35. The Morgan fingerprint density at radius 1 is 0.964 bits per heavy atom. The lowest BCUT2D eigenvalue weighted by Crippen LogP contribution is -2.34. The first kappa shape index (κ1) is 20.1. The number of pyridine rings is 1. The van der Waals surface area contributed by atoms with Crippen molar-refractivity contribution in [3.8, 4) is 0 Å². The normalized spacial score (nSPS) is 10.4. The summed E-state index contributed by atoms with van der Waals surface area (Å²) in [7, 11) is 0. The van der Waals surface area contributed by atoms with Crippen molar-refractivity contribution >= 4 is 52.6 Å². The van der Waals surface area contributed by atoms with Gasteiger partial charge < -0.3 is 5.32 Å². The molecule has 0 spiro atoms. The number of amides is 3. The number of halogens is 3. The van der Waals surface area contributed by atoms with Gasteiger partial charge in [0.05, 0.1) is 27.5 Å². The molecule has 0 radical (unpaired) electrons. The standard InChI is InChI=1S/C19H12Cl2FN3O2S/c20-14-2-1-3-15(21)17(14)18(26)25-19(27)24-12-6-9-16(23-10-12)28-13-7-4-11(22)5-8-13/h1-10H,(H2,24,25,26,27). The number of rotatable bonds is 4. The fourth-order valence-electron chi connectivity index (χ4n) is 2.18. The number of urea groups is 1. The van der Waals surface area contributed by atoms with Crippen LogP contribution in [0, 0.1) is 5.82 Å². The van der Waals surface area contributed by atoms with E-state index in [-0.39, 0.29) is 21.4 Å². The number of nitrogens with one attached hydrogen (secondary N) is 2. The molecule has 5 nitrogen and oxygen atoms in total. The lowest BCUT2D eigenvalue weighted by molar-refractivity contribution is 0.0967. The van der Waals surface area contributed by atoms with E-state index in [9.17, 15) is 14.0 Å². The van der Waals surface area contributed by atoms with Gasteiger partial charge in [-0.1, -0.05) is 41.0 Å². The van der Waals surface area contributed by atoms with E-state index in [4.69, 9.17) is 23.2 Å². The predicted octanol–water partition coefficient (Wildman–Crippen LogP) is 5.64. The molecule has 1 aromatic heterocycles. The van der Waals surface area contributed by atoms with Gasteiger partial charge in [0.15, 0.2) is 0 Å². The molecule has 0 aliphatic carbocycles. The summed E-state index contributed by atoms with van der Waals surface area (Å²) < 4.78 is 12.9. The van der Waals surface area contributed by atoms with Gasteiger partial charge in [-0.15, -0.1) is 0 Å². The van der Waals surface area contributed by atoms with Crippen LogP contribution in [0.25, 0.3) is 0 Å². The van der Waals surface area contributed by atoms with Crippen LogP contribution >= 0.6 is 35.0 Å². The van der Waals surface area contributed by atoms with Gasteiger partial charge in [-0.05, 0) is 48.5 Å². The van der Waals surface area contributed by atoms with Crippen LogP contribution in [-0.4, -0.2) is 16.9 Å². The van der Waals surface area contributed by atoms with E-state index in [1.165, 1.54) is 42.2 Å². The van der Waals surface area contributed by atoms with Crippen LogP contribution in [0.15, 0.2) is 70.7 Å². The zero-order valence-corrected chi connectivity index (χ0v) is 16.4. The number of nitrogens with zero attached hydrogens (tertiary/aromatic N) is 1. The summed E-state index contributed by atoms with van der Waals surface area (Å²) in [5.74, 6) is -1.03. The van der Waals surface area contributed by atoms with Crippen molar-refractivity contribution in [2.45, 2.75) is 9.92 Å². The number of benzene rings is 2. The number of hydrogen-bond acceptors (Lipinski definition) is 4. The van der Waals surface area contributed by atoms with Gasteiger partial charge in [-0.2, -0.15) is 0 Å². The van der Waals surface area contributed by atoms with Crippen LogP contribution in [0.3, 0.4) is 0 Å². The van der Waals surface area contributed by atoms with Crippen molar-refractivity contribution in [3.05, 3.63) is 82.2 Å². The molecule has 0 saturated carbocycles. The van der Waals surface area contributed by atoms with E-state index in [2.05, 4.69) is 15.6 Å². The molecule has 3 aromatic rings. The van der Waals surface area contributed by atoms with Gasteiger partial charge in [0.25, 0.3) is 5.91 Å². The molecule has 0 saturated heterocycles. The van der Waals surface area contributed by atoms with Gasteiger partial charge in [0.2, 0.25) is 0 Å². The zero-order chi connectivity index (χ0) is 20.1. The monoisotopic (exact) mass is 435 g/mol. The maximum absolute atomic E-state index is 12.9. The lowest BCUT2D eigenvalue weighted by Gasteiger charge is -2.09. The Hall–Kier alpha value is -2.61. The molecule has 0 aliphatic rings. The predicted molar refractivity (Wildman–Crippen MR) is 108 cm³/mol. The number of carbonyl (C=O) groups is 2. The number of aromatic nitrogens is 1. The highest BCUT2D eigenvalue weighted by Gasteiger charge is 2.17. The minimum absolute atomic E-state index is 0.0187. The summed E-state index contributed by atoms with van der Waals surface area (Å²) in [6, 6.07) is 13.2. The summed E-state index contributed by atoms with van der Waals surface area (Å²) in [5, 5.41) is 5.61. The SMILES string of the molecule is O=C(NC(=O)c1c(Cl)cccc1Cl)Nc1ccc(Sc2ccc(F)cc2)nc1. The Balaban J connectivity index is 1.60. The van der Waals surface area contributed by atoms with Crippen LogP contribution in [-0.2, 0) is 0 Å². The summed E-state index contributed by atoms with van der Waals surface area (Å²) in [6.45, 7) is 0.